The largest absolute Gasteiger partial charge is 0.284 e. The van der Waals surface area contributed by atoms with Crippen molar-refractivity contribution in [2.24, 2.45) is 0 Å². The Morgan fingerprint density at radius 2 is 1.94 bits per heavy atom. The third-order valence-electron chi connectivity index (χ3n) is 2.42. The van der Waals surface area contributed by atoms with Crippen LogP contribution in [0.2, 0.25) is 5.02 Å². The van der Waals surface area contributed by atoms with Crippen LogP contribution in [0.3, 0.4) is 0 Å². The van der Waals surface area contributed by atoms with Gasteiger partial charge in [0.2, 0.25) is 5.78 Å². The minimum Gasteiger partial charge on any atom is -0.284 e. The monoisotopic (exact) mass is 229 g/mol. The topological polar surface area (TPSA) is 30.2 Å². The number of imidazole rings is 1. The van der Waals surface area contributed by atoms with Crippen LogP contribution in [0.15, 0.2) is 48.9 Å². The molecule has 0 fully saturated rings. The Balaban J connectivity index is 2.29. The van der Waals surface area contributed by atoms with Gasteiger partial charge in [0.15, 0.2) is 0 Å². The first-order chi connectivity index (χ1) is 7.84. The fourth-order valence-electron chi connectivity index (χ4n) is 1.72. The van der Waals surface area contributed by atoms with E-state index >= 15 is 0 Å². The molecule has 0 N–H and O–H groups in total. The standard InChI is InChI=1S/C12H8ClN3/c13-10-3-1-2-9(8-10)11-4-5-14-12-15-6-7-16(11)12/h1-8H. The number of rotatable bonds is 1. The lowest BCUT2D eigenvalue weighted by Crippen LogP contribution is -1.92. The van der Waals surface area contributed by atoms with Gasteiger partial charge in [0.25, 0.3) is 0 Å². The molecule has 16 heavy (non-hydrogen) atoms. The van der Waals surface area contributed by atoms with Gasteiger partial charge in [0.1, 0.15) is 0 Å². The average Bonchev–Trinajstić information content (AvgIpc) is 2.76. The van der Waals surface area contributed by atoms with Crippen LogP contribution in [0.25, 0.3) is 17.0 Å². The molecule has 0 aliphatic carbocycles. The molecule has 0 saturated heterocycles. The molecule has 3 nitrogen and oxygen atoms in total. The molecule has 0 aliphatic heterocycles. The van der Waals surface area contributed by atoms with E-state index in [1.54, 1.807) is 12.4 Å². The highest BCUT2D eigenvalue weighted by atomic mass is 35.5. The van der Waals surface area contributed by atoms with E-state index in [1.165, 1.54) is 0 Å². The van der Waals surface area contributed by atoms with E-state index < -0.39 is 0 Å². The van der Waals surface area contributed by atoms with Crippen molar-refractivity contribution in [3.05, 3.63) is 53.9 Å². The molecule has 78 valence electrons. The maximum absolute atomic E-state index is 5.98. The number of aromatic nitrogens is 3. The molecule has 3 aromatic rings. The highest BCUT2D eigenvalue weighted by Crippen LogP contribution is 2.22. The number of hydrogen-bond acceptors (Lipinski definition) is 2. The van der Waals surface area contributed by atoms with Crippen molar-refractivity contribution in [1.29, 1.82) is 0 Å². The van der Waals surface area contributed by atoms with Crippen molar-refractivity contribution < 1.29 is 0 Å². The lowest BCUT2D eigenvalue weighted by Gasteiger charge is -2.04. The zero-order valence-corrected chi connectivity index (χ0v) is 9.09. The summed E-state index contributed by atoms with van der Waals surface area (Å²) in [5.74, 6) is 0.692. The first-order valence-electron chi connectivity index (χ1n) is 4.88. The Hall–Kier alpha value is -1.87. The quantitative estimate of drug-likeness (QED) is 0.642. The fourth-order valence-corrected chi connectivity index (χ4v) is 1.91. The predicted octanol–water partition coefficient (Wildman–Crippen LogP) is 3.05. The molecule has 0 unspecified atom stereocenters. The Labute approximate surface area is 97.3 Å². The van der Waals surface area contributed by atoms with Crippen LogP contribution in [0, 0.1) is 0 Å². The summed E-state index contributed by atoms with van der Waals surface area (Å²) < 4.78 is 1.94. The van der Waals surface area contributed by atoms with Crippen molar-refractivity contribution in [3.8, 4) is 11.3 Å². The van der Waals surface area contributed by atoms with Crippen molar-refractivity contribution in [3.63, 3.8) is 0 Å². The van der Waals surface area contributed by atoms with E-state index in [0.717, 1.165) is 16.3 Å². The molecule has 0 bridgehead atoms. The van der Waals surface area contributed by atoms with Gasteiger partial charge in [0.05, 0.1) is 5.69 Å². The summed E-state index contributed by atoms with van der Waals surface area (Å²) in [5.41, 5.74) is 2.09. The SMILES string of the molecule is Clc1cccc(-c2ccnc3nccn23)c1. The van der Waals surface area contributed by atoms with Crippen molar-refractivity contribution in [1.82, 2.24) is 14.4 Å². The molecule has 2 heterocycles. The predicted molar refractivity (Wildman–Crippen MR) is 63.4 cm³/mol. The van der Waals surface area contributed by atoms with Crippen LogP contribution < -0.4 is 0 Å². The van der Waals surface area contributed by atoms with E-state index in [9.17, 15) is 0 Å². The summed E-state index contributed by atoms with van der Waals surface area (Å²) in [7, 11) is 0. The Morgan fingerprint density at radius 1 is 1.06 bits per heavy atom. The second kappa shape index (κ2) is 3.61. The van der Waals surface area contributed by atoms with Crippen LogP contribution >= 0.6 is 11.6 Å². The molecule has 0 radical (unpaired) electrons. The molecule has 3 rings (SSSR count). The minimum atomic E-state index is 0.692. The zero-order valence-electron chi connectivity index (χ0n) is 8.34. The molecule has 0 atom stereocenters. The third-order valence-corrected chi connectivity index (χ3v) is 2.66. The van der Waals surface area contributed by atoms with Gasteiger partial charge in [-0.05, 0) is 18.2 Å². The Kier molecular flexibility index (Phi) is 2.11. The zero-order chi connectivity index (χ0) is 11.0. The van der Waals surface area contributed by atoms with Crippen LogP contribution in [0.1, 0.15) is 0 Å². The first kappa shape index (κ1) is 9.36. The minimum absolute atomic E-state index is 0.692. The average molecular weight is 230 g/mol. The molecule has 0 aliphatic rings. The number of nitrogens with zero attached hydrogens (tertiary/aromatic N) is 3. The van der Waals surface area contributed by atoms with Crippen LogP contribution in [0.5, 0.6) is 0 Å². The van der Waals surface area contributed by atoms with Crippen LogP contribution in [-0.4, -0.2) is 14.4 Å². The number of fused-ring (bicyclic) bond motifs is 1. The molecule has 4 heteroatoms. The van der Waals surface area contributed by atoms with E-state index in [2.05, 4.69) is 9.97 Å². The summed E-state index contributed by atoms with van der Waals surface area (Å²) in [6, 6.07) is 9.68. The summed E-state index contributed by atoms with van der Waals surface area (Å²) in [4.78, 5) is 8.31. The van der Waals surface area contributed by atoms with E-state index in [4.69, 9.17) is 11.6 Å². The second-order valence-corrected chi connectivity index (χ2v) is 3.87. The molecule has 2 aromatic heterocycles. The Morgan fingerprint density at radius 3 is 2.81 bits per heavy atom. The van der Waals surface area contributed by atoms with Crippen LogP contribution in [-0.2, 0) is 0 Å². The lowest BCUT2D eigenvalue weighted by molar-refractivity contribution is 1.12. The summed E-state index contributed by atoms with van der Waals surface area (Å²) in [5, 5.41) is 0.725. The second-order valence-electron chi connectivity index (χ2n) is 3.44. The molecule has 0 amide bonds. The van der Waals surface area contributed by atoms with Gasteiger partial charge in [-0.25, -0.2) is 9.97 Å². The maximum Gasteiger partial charge on any atom is 0.234 e. The molecule has 0 spiro atoms. The summed E-state index contributed by atoms with van der Waals surface area (Å²) >= 11 is 5.98. The molecular formula is C12H8ClN3. The summed E-state index contributed by atoms with van der Waals surface area (Å²) in [6.45, 7) is 0. The van der Waals surface area contributed by atoms with Gasteiger partial charge < -0.3 is 0 Å². The van der Waals surface area contributed by atoms with Gasteiger partial charge in [-0.2, -0.15) is 0 Å². The Bertz CT molecular complexity index is 645. The van der Waals surface area contributed by atoms with E-state index in [1.807, 2.05) is 40.9 Å². The van der Waals surface area contributed by atoms with Gasteiger partial charge >= 0.3 is 0 Å². The normalized spacial score (nSPS) is 10.8. The van der Waals surface area contributed by atoms with E-state index in [0.29, 0.717) is 5.78 Å². The molecule has 1 aromatic carbocycles. The van der Waals surface area contributed by atoms with Crippen LogP contribution in [0.4, 0.5) is 0 Å². The highest BCUT2D eigenvalue weighted by Gasteiger charge is 2.04. The smallest absolute Gasteiger partial charge is 0.234 e. The van der Waals surface area contributed by atoms with Gasteiger partial charge in [-0.1, -0.05) is 23.7 Å². The van der Waals surface area contributed by atoms with Crippen molar-refractivity contribution in [2.45, 2.75) is 0 Å². The van der Waals surface area contributed by atoms with Gasteiger partial charge in [-0.15, -0.1) is 0 Å². The van der Waals surface area contributed by atoms with E-state index in [-0.39, 0.29) is 0 Å². The van der Waals surface area contributed by atoms with Gasteiger partial charge in [0, 0.05) is 29.2 Å². The first-order valence-corrected chi connectivity index (χ1v) is 5.26. The van der Waals surface area contributed by atoms with Crippen molar-refractivity contribution >= 4 is 17.4 Å². The third kappa shape index (κ3) is 1.46. The highest BCUT2D eigenvalue weighted by molar-refractivity contribution is 6.30. The maximum atomic E-state index is 5.98. The number of hydrogen-bond donors (Lipinski definition) is 0. The van der Waals surface area contributed by atoms with Crippen molar-refractivity contribution in [2.75, 3.05) is 0 Å². The summed E-state index contributed by atoms with van der Waals surface area (Å²) in [6.07, 6.45) is 5.37. The number of halogens is 1. The molecule has 0 saturated carbocycles. The fraction of sp³-hybridized carbons (Fsp3) is 0. The lowest BCUT2D eigenvalue weighted by atomic mass is 10.1. The molecular weight excluding hydrogens is 222 g/mol. The number of benzene rings is 1. The van der Waals surface area contributed by atoms with Gasteiger partial charge in [-0.3, -0.25) is 4.40 Å².